The minimum atomic E-state index is -0.143. The third-order valence-corrected chi connectivity index (χ3v) is 6.20. The lowest BCUT2D eigenvalue weighted by molar-refractivity contribution is -0.133. The predicted octanol–water partition coefficient (Wildman–Crippen LogP) is 4.12. The SMILES string of the molecule is CC(C)c1noc(-c2ccc(NC(=O)N3CCN(C(=O)CC4CCCC4)CC3)cc2)n1. The van der Waals surface area contributed by atoms with Crippen molar-refractivity contribution in [3.8, 4) is 11.5 Å². The summed E-state index contributed by atoms with van der Waals surface area (Å²) >= 11 is 0. The summed E-state index contributed by atoms with van der Waals surface area (Å²) in [5.41, 5.74) is 1.52. The van der Waals surface area contributed by atoms with E-state index in [1.54, 1.807) is 4.90 Å². The van der Waals surface area contributed by atoms with Gasteiger partial charge in [0.15, 0.2) is 5.82 Å². The average molecular weight is 426 g/mol. The highest BCUT2D eigenvalue weighted by Crippen LogP contribution is 2.28. The summed E-state index contributed by atoms with van der Waals surface area (Å²) < 4.78 is 5.31. The lowest BCUT2D eigenvalue weighted by atomic mass is 10.0. The van der Waals surface area contributed by atoms with Crippen LogP contribution in [0.4, 0.5) is 10.5 Å². The van der Waals surface area contributed by atoms with Crippen LogP contribution in [0.15, 0.2) is 28.8 Å². The number of hydrogen-bond acceptors (Lipinski definition) is 5. The number of aromatic nitrogens is 2. The summed E-state index contributed by atoms with van der Waals surface area (Å²) in [6.07, 6.45) is 5.52. The zero-order chi connectivity index (χ0) is 21.8. The number of amides is 3. The maximum atomic E-state index is 12.6. The van der Waals surface area contributed by atoms with Gasteiger partial charge in [-0.1, -0.05) is 31.8 Å². The summed E-state index contributed by atoms with van der Waals surface area (Å²) in [7, 11) is 0. The number of carbonyl (C=O) groups is 2. The Bertz CT molecular complexity index is 894. The summed E-state index contributed by atoms with van der Waals surface area (Å²) in [5, 5.41) is 6.91. The van der Waals surface area contributed by atoms with E-state index in [-0.39, 0.29) is 17.9 Å². The molecule has 0 radical (unpaired) electrons. The molecule has 1 saturated carbocycles. The number of benzene rings is 1. The molecule has 2 aromatic rings. The van der Waals surface area contributed by atoms with Gasteiger partial charge < -0.3 is 19.6 Å². The molecule has 2 heterocycles. The molecule has 31 heavy (non-hydrogen) atoms. The highest BCUT2D eigenvalue weighted by Gasteiger charge is 2.27. The molecule has 2 fully saturated rings. The van der Waals surface area contributed by atoms with Gasteiger partial charge in [-0.2, -0.15) is 4.98 Å². The van der Waals surface area contributed by atoms with Gasteiger partial charge in [0.2, 0.25) is 5.91 Å². The average Bonchev–Trinajstić information content (AvgIpc) is 3.47. The highest BCUT2D eigenvalue weighted by atomic mass is 16.5. The molecule has 1 aromatic carbocycles. The Morgan fingerprint density at radius 3 is 2.32 bits per heavy atom. The van der Waals surface area contributed by atoms with E-state index in [0.717, 1.165) is 5.56 Å². The van der Waals surface area contributed by atoms with Gasteiger partial charge in [-0.05, 0) is 43.0 Å². The second kappa shape index (κ2) is 9.49. The fraction of sp³-hybridized carbons (Fsp3) is 0.565. The van der Waals surface area contributed by atoms with Crippen LogP contribution >= 0.6 is 0 Å². The van der Waals surface area contributed by atoms with Crippen molar-refractivity contribution in [3.63, 3.8) is 0 Å². The summed E-state index contributed by atoms with van der Waals surface area (Å²) in [5.74, 6) is 2.15. The quantitative estimate of drug-likeness (QED) is 0.778. The van der Waals surface area contributed by atoms with Gasteiger partial charge in [0.1, 0.15) is 0 Å². The highest BCUT2D eigenvalue weighted by molar-refractivity contribution is 5.89. The first kappa shape index (κ1) is 21.3. The smallest absolute Gasteiger partial charge is 0.321 e. The van der Waals surface area contributed by atoms with Gasteiger partial charge in [-0.3, -0.25) is 4.79 Å². The van der Waals surface area contributed by atoms with Crippen molar-refractivity contribution >= 4 is 17.6 Å². The van der Waals surface area contributed by atoms with Crippen LogP contribution in [0, 0.1) is 5.92 Å². The van der Waals surface area contributed by atoms with Gasteiger partial charge in [-0.15, -0.1) is 0 Å². The van der Waals surface area contributed by atoms with Crippen LogP contribution in [0.5, 0.6) is 0 Å². The molecule has 1 N–H and O–H groups in total. The standard InChI is InChI=1S/C23H31N5O3/c1-16(2)21-25-22(31-26-21)18-7-9-19(10-8-18)24-23(30)28-13-11-27(12-14-28)20(29)15-17-5-3-4-6-17/h7-10,16-17H,3-6,11-15H2,1-2H3,(H,24,30). The monoisotopic (exact) mass is 425 g/mol. The Kier molecular flexibility index (Phi) is 6.53. The number of anilines is 1. The normalized spacial score (nSPS) is 17.4. The maximum absolute atomic E-state index is 12.6. The van der Waals surface area contributed by atoms with Crippen LogP contribution in [0.2, 0.25) is 0 Å². The van der Waals surface area contributed by atoms with E-state index < -0.39 is 0 Å². The Morgan fingerprint density at radius 1 is 1.06 bits per heavy atom. The predicted molar refractivity (Wildman–Crippen MR) is 118 cm³/mol. The summed E-state index contributed by atoms with van der Waals surface area (Å²) in [4.78, 5) is 33.2. The minimum absolute atomic E-state index is 0.143. The second-order valence-electron chi connectivity index (χ2n) is 8.84. The Balaban J connectivity index is 1.26. The van der Waals surface area contributed by atoms with Crippen molar-refractivity contribution < 1.29 is 14.1 Å². The molecule has 2 aliphatic rings. The lowest BCUT2D eigenvalue weighted by Gasteiger charge is -2.35. The van der Waals surface area contributed by atoms with E-state index in [1.807, 2.05) is 43.0 Å². The maximum Gasteiger partial charge on any atom is 0.321 e. The van der Waals surface area contributed by atoms with Gasteiger partial charge in [0.25, 0.3) is 5.89 Å². The molecule has 0 bridgehead atoms. The van der Waals surface area contributed by atoms with Crippen LogP contribution in [0.25, 0.3) is 11.5 Å². The van der Waals surface area contributed by atoms with Crippen molar-refractivity contribution in [1.82, 2.24) is 19.9 Å². The van der Waals surface area contributed by atoms with Gasteiger partial charge in [-0.25, -0.2) is 4.79 Å². The number of nitrogens with one attached hydrogen (secondary N) is 1. The van der Waals surface area contributed by atoms with Crippen molar-refractivity contribution in [2.24, 2.45) is 5.92 Å². The Morgan fingerprint density at radius 2 is 1.71 bits per heavy atom. The number of nitrogens with zero attached hydrogens (tertiary/aromatic N) is 4. The van der Waals surface area contributed by atoms with E-state index in [0.29, 0.717) is 55.9 Å². The molecule has 4 rings (SSSR count). The molecular formula is C23H31N5O3. The number of carbonyl (C=O) groups excluding carboxylic acids is 2. The first-order chi connectivity index (χ1) is 15.0. The van der Waals surface area contributed by atoms with Crippen molar-refractivity contribution in [2.75, 3.05) is 31.5 Å². The number of rotatable bonds is 5. The van der Waals surface area contributed by atoms with Crippen LogP contribution < -0.4 is 5.32 Å². The van der Waals surface area contributed by atoms with E-state index in [9.17, 15) is 9.59 Å². The minimum Gasteiger partial charge on any atom is -0.339 e. The van der Waals surface area contributed by atoms with Crippen LogP contribution in [0.3, 0.4) is 0 Å². The van der Waals surface area contributed by atoms with E-state index in [2.05, 4.69) is 15.5 Å². The topological polar surface area (TPSA) is 91.6 Å². The van der Waals surface area contributed by atoms with Crippen molar-refractivity contribution in [2.45, 2.75) is 51.9 Å². The second-order valence-corrected chi connectivity index (χ2v) is 8.84. The van der Waals surface area contributed by atoms with E-state index in [4.69, 9.17) is 4.52 Å². The fourth-order valence-corrected chi connectivity index (χ4v) is 4.23. The molecule has 8 heteroatoms. The van der Waals surface area contributed by atoms with E-state index in [1.165, 1.54) is 25.7 Å². The number of urea groups is 1. The molecular weight excluding hydrogens is 394 g/mol. The zero-order valence-electron chi connectivity index (χ0n) is 18.3. The first-order valence-electron chi connectivity index (χ1n) is 11.3. The molecule has 1 aliphatic carbocycles. The van der Waals surface area contributed by atoms with Gasteiger partial charge in [0, 0.05) is 49.8 Å². The zero-order valence-corrected chi connectivity index (χ0v) is 18.3. The molecule has 3 amide bonds. The Hall–Kier alpha value is -2.90. The van der Waals surface area contributed by atoms with Gasteiger partial charge >= 0.3 is 6.03 Å². The van der Waals surface area contributed by atoms with Crippen molar-refractivity contribution in [1.29, 1.82) is 0 Å². The molecule has 0 spiro atoms. The summed E-state index contributed by atoms with van der Waals surface area (Å²) in [6.45, 7) is 6.35. The van der Waals surface area contributed by atoms with Crippen LogP contribution in [-0.2, 0) is 4.79 Å². The van der Waals surface area contributed by atoms with Crippen LogP contribution in [0.1, 0.15) is 57.7 Å². The molecule has 1 saturated heterocycles. The largest absolute Gasteiger partial charge is 0.339 e. The van der Waals surface area contributed by atoms with Crippen molar-refractivity contribution in [3.05, 3.63) is 30.1 Å². The third kappa shape index (κ3) is 5.24. The molecule has 166 valence electrons. The van der Waals surface area contributed by atoms with Gasteiger partial charge in [0.05, 0.1) is 0 Å². The van der Waals surface area contributed by atoms with Crippen LogP contribution in [-0.4, -0.2) is 58.1 Å². The molecule has 0 atom stereocenters. The Labute approximate surface area is 183 Å². The summed E-state index contributed by atoms with van der Waals surface area (Å²) in [6, 6.07) is 7.22. The first-order valence-corrected chi connectivity index (χ1v) is 11.3. The molecule has 8 nitrogen and oxygen atoms in total. The van der Waals surface area contributed by atoms with E-state index >= 15 is 0 Å². The fourth-order valence-electron chi connectivity index (χ4n) is 4.23. The lowest BCUT2D eigenvalue weighted by Crippen LogP contribution is -2.51. The molecule has 1 aromatic heterocycles. The molecule has 0 unspecified atom stereocenters. The third-order valence-electron chi connectivity index (χ3n) is 6.20. The number of hydrogen-bond donors (Lipinski definition) is 1. The number of piperazine rings is 1. The molecule has 1 aliphatic heterocycles.